The molecule has 18 heavy (non-hydrogen) atoms. The molecule has 0 saturated heterocycles. The van der Waals surface area contributed by atoms with E-state index in [2.05, 4.69) is 12.2 Å². The largest absolute Gasteiger partial charge is 0.416 e. The lowest BCUT2D eigenvalue weighted by Crippen LogP contribution is -2.49. The van der Waals surface area contributed by atoms with Gasteiger partial charge in [0, 0.05) is 12.1 Å². The second kappa shape index (κ2) is 4.92. The molecule has 0 unspecified atom stereocenters. The van der Waals surface area contributed by atoms with Gasteiger partial charge in [-0.05, 0) is 37.3 Å². The smallest absolute Gasteiger partial charge is 0.307 e. The first kappa shape index (κ1) is 13.4. The Morgan fingerprint density at radius 2 is 2.00 bits per heavy atom. The molecule has 0 aliphatic heterocycles. The van der Waals surface area contributed by atoms with E-state index in [0.717, 1.165) is 25.3 Å². The summed E-state index contributed by atoms with van der Waals surface area (Å²) in [5.74, 6) is 0. The highest BCUT2D eigenvalue weighted by molar-refractivity contribution is 5.25. The van der Waals surface area contributed by atoms with Crippen molar-refractivity contribution in [2.75, 3.05) is 0 Å². The third-order valence-corrected chi connectivity index (χ3v) is 3.91. The molecular weight excluding hydrogens is 239 g/mol. The average molecular weight is 257 g/mol. The van der Waals surface area contributed by atoms with Crippen LogP contribution in [-0.4, -0.2) is 5.54 Å². The van der Waals surface area contributed by atoms with Crippen molar-refractivity contribution in [3.05, 3.63) is 35.4 Å². The summed E-state index contributed by atoms with van der Waals surface area (Å²) in [6.07, 6.45) is 0.245. The lowest BCUT2D eigenvalue weighted by molar-refractivity contribution is -0.137. The van der Waals surface area contributed by atoms with E-state index in [1.807, 2.05) is 0 Å². The molecule has 100 valence electrons. The first-order valence-electron chi connectivity index (χ1n) is 6.36. The maximum Gasteiger partial charge on any atom is 0.416 e. The maximum absolute atomic E-state index is 12.6. The Bertz CT molecular complexity index is 402. The van der Waals surface area contributed by atoms with Crippen LogP contribution in [0.15, 0.2) is 24.3 Å². The van der Waals surface area contributed by atoms with Crippen molar-refractivity contribution in [3.8, 4) is 0 Å². The van der Waals surface area contributed by atoms with E-state index in [1.54, 1.807) is 6.07 Å². The number of nitrogens with one attached hydrogen (secondary N) is 1. The highest BCUT2D eigenvalue weighted by Gasteiger charge is 2.34. The fourth-order valence-corrected chi connectivity index (χ4v) is 2.41. The normalized spacial score (nSPS) is 18.4. The van der Waals surface area contributed by atoms with Crippen molar-refractivity contribution in [1.29, 1.82) is 0 Å². The highest BCUT2D eigenvalue weighted by Crippen LogP contribution is 2.35. The van der Waals surface area contributed by atoms with Gasteiger partial charge in [0.2, 0.25) is 0 Å². The molecule has 1 saturated carbocycles. The Kier molecular flexibility index (Phi) is 3.66. The van der Waals surface area contributed by atoms with Crippen LogP contribution >= 0.6 is 0 Å². The first-order chi connectivity index (χ1) is 8.45. The number of hydrogen-bond donors (Lipinski definition) is 1. The molecule has 0 atom stereocenters. The topological polar surface area (TPSA) is 12.0 Å². The van der Waals surface area contributed by atoms with Crippen molar-refractivity contribution >= 4 is 0 Å². The van der Waals surface area contributed by atoms with Gasteiger partial charge < -0.3 is 5.32 Å². The fourth-order valence-electron chi connectivity index (χ4n) is 2.41. The Morgan fingerprint density at radius 1 is 1.28 bits per heavy atom. The van der Waals surface area contributed by atoms with Gasteiger partial charge in [-0.2, -0.15) is 13.2 Å². The minimum Gasteiger partial charge on any atom is -0.307 e. The van der Waals surface area contributed by atoms with Crippen LogP contribution in [0.4, 0.5) is 13.2 Å². The summed E-state index contributed by atoms with van der Waals surface area (Å²) in [6.45, 7) is 2.63. The van der Waals surface area contributed by atoms with Crippen LogP contribution in [0.3, 0.4) is 0 Å². The molecule has 0 aromatic heterocycles. The Labute approximate surface area is 105 Å². The second-order valence-corrected chi connectivity index (χ2v) is 5.04. The molecular formula is C14H18F3N. The number of rotatable bonds is 4. The molecule has 0 bridgehead atoms. The van der Waals surface area contributed by atoms with E-state index in [-0.39, 0.29) is 5.54 Å². The molecule has 2 rings (SSSR count). The minimum atomic E-state index is -4.26. The number of benzene rings is 1. The predicted molar refractivity (Wildman–Crippen MR) is 65.2 cm³/mol. The van der Waals surface area contributed by atoms with Gasteiger partial charge in [-0.25, -0.2) is 0 Å². The number of alkyl halides is 3. The third-order valence-electron chi connectivity index (χ3n) is 3.91. The molecule has 1 N–H and O–H groups in total. The minimum absolute atomic E-state index is 0.161. The van der Waals surface area contributed by atoms with Crippen LogP contribution in [0.25, 0.3) is 0 Å². The van der Waals surface area contributed by atoms with E-state index in [1.165, 1.54) is 18.6 Å². The van der Waals surface area contributed by atoms with Gasteiger partial charge in [-0.1, -0.05) is 25.1 Å². The van der Waals surface area contributed by atoms with Crippen LogP contribution in [-0.2, 0) is 12.7 Å². The molecule has 1 aromatic carbocycles. The van der Waals surface area contributed by atoms with Gasteiger partial charge in [0.25, 0.3) is 0 Å². The highest BCUT2D eigenvalue weighted by atomic mass is 19.4. The fraction of sp³-hybridized carbons (Fsp3) is 0.571. The van der Waals surface area contributed by atoms with E-state index in [4.69, 9.17) is 0 Å². The van der Waals surface area contributed by atoms with Gasteiger partial charge in [0.1, 0.15) is 0 Å². The Balaban J connectivity index is 2.01. The third kappa shape index (κ3) is 2.86. The molecule has 1 aliphatic carbocycles. The zero-order chi connectivity index (χ0) is 13.2. The second-order valence-electron chi connectivity index (χ2n) is 5.04. The average Bonchev–Trinajstić information content (AvgIpc) is 2.27. The molecule has 0 heterocycles. The number of halogens is 3. The molecule has 1 aromatic rings. The number of hydrogen-bond acceptors (Lipinski definition) is 1. The summed E-state index contributed by atoms with van der Waals surface area (Å²) < 4.78 is 37.7. The molecule has 0 radical (unpaired) electrons. The van der Waals surface area contributed by atoms with Crippen LogP contribution in [0.2, 0.25) is 0 Å². The van der Waals surface area contributed by atoms with Crippen LogP contribution in [0.1, 0.15) is 43.7 Å². The standard InChI is InChI=1S/C14H18F3N/c1-2-13(7-4-8-13)18-10-11-5-3-6-12(9-11)14(15,16)17/h3,5-6,9,18H,2,4,7-8,10H2,1H3. The molecule has 0 amide bonds. The van der Waals surface area contributed by atoms with Gasteiger partial charge in [0.05, 0.1) is 5.56 Å². The van der Waals surface area contributed by atoms with Crippen molar-refractivity contribution < 1.29 is 13.2 Å². The summed E-state index contributed by atoms with van der Waals surface area (Å²) in [5, 5.41) is 3.41. The molecule has 1 aliphatic rings. The summed E-state index contributed by atoms with van der Waals surface area (Å²) >= 11 is 0. The van der Waals surface area contributed by atoms with Gasteiger partial charge >= 0.3 is 6.18 Å². The quantitative estimate of drug-likeness (QED) is 0.855. The van der Waals surface area contributed by atoms with E-state index < -0.39 is 11.7 Å². The summed E-state index contributed by atoms with van der Waals surface area (Å²) in [5.41, 5.74) is 0.291. The Hall–Kier alpha value is -1.03. The van der Waals surface area contributed by atoms with Crippen molar-refractivity contribution in [2.24, 2.45) is 0 Å². The van der Waals surface area contributed by atoms with E-state index in [9.17, 15) is 13.2 Å². The van der Waals surface area contributed by atoms with Gasteiger partial charge in [-0.3, -0.25) is 0 Å². The zero-order valence-electron chi connectivity index (χ0n) is 10.5. The first-order valence-corrected chi connectivity index (χ1v) is 6.36. The van der Waals surface area contributed by atoms with Crippen molar-refractivity contribution in [2.45, 2.75) is 50.9 Å². The molecule has 0 spiro atoms. The van der Waals surface area contributed by atoms with Crippen LogP contribution < -0.4 is 5.32 Å². The molecule has 1 nitrogen and oxygen atoms in total. The summed E-state index contributed by atoms with van der Waals surface area (Å²) in [6, 6.07) is 5.56. The lowest BCUT2D eigenvalue weighted by Gasteiger charge is -2.42. The lowest BCUT2D eigenvalue weighted by atomic mass is 9.75. The molecule has 4 heteroatoms. The maximum atomic E-state index is 12.6. The Morgan fingerprint density at radius 3 is 2.50 bits per heavy atom. The van der Waals surface area contributed by atoms with Crippen molar-refractivity contribution in [3.63, 3.8) is 0 Å². The van der Waals surface area contributed by atoms with Gasteiger partial charge in [-0.15, -0.1) is 0 Å². The van der Waals surface area contributed by atoms with E-state index in [0.29, 0.717) is 12.1 Å². The SMILES string of the molecule is CCC1(NCc2cccc(C(F)(F)F)c2)CCC1. The van der Waals surface area contributed by atoms with E-state index >= 15 is 0 Å². The monoisotopic (exact) mass is 257 g/mol. The zero-order valence-corrected chi connectivity index (χ0v) is 10.5. The molecule has 1 fully saturated rings. The van der Waals surface area contributed by atoms with Crippen molar-refractivity contribution in [1.82, 2.24) is 5.32 Å². The predicted octanol–water partition coefficient (Wildman–Crippen LogP) is 4.13. The summed E-state index contributed by atoms with van der Waals surface area (Å²) in [7, 11) is 0. The van der Waals surface area contributed by atoms with Gasteiger partial charge in [0.15, 0.2) is 0 Å². The summed E-state index contributed by atoms with van der Waals surface area (Å²) in [4.78, 5) is 0. The van der Waals surface area contributed by atoms with Crippen LogP contribution in [0.5, 0.6) is 0 Å². The van der Waals surface area contributed by atoms with Crippen LogP contribution in [0, 0.1) is 0 Å².